The second kappa shape index (κ2) is 7.66. The standard InChI is InChI=1S/C15H21NO6/c1-20-13-11(15(21-2)22-12(13)10(18)8-17)16-14(19)9-6-4-3-5-7-9/h3-7,10-13,15,17-18H,8H2,1-2H3,(H,16,19)/t10-,11+,12+,13+,15+/m0/s1. The van der Waals surface area contributed by atoms with E-state index in [4.69, 9.17) is 19.3 Å². The van der Waals surface area contributed by atoms with Crippen LogP contribution < -0.4 is 5.32 Å². The van der Waals surface area contributed by atoms with Crippen LogP contribution in [0.1, 0.15) is 10.4 Å². The van der Waals surface area contributed by atoms with E-state index < -0.39 is 37.3 Å². The van der Waals surface area contributed by atoms with E-state index in [9.17, 15) is 9.90 Å². The van der Waals surface area contributed by atoms with Gasteiger partial charge in [-0.25, -0.2) is 0 Å². The van der Waals surface area contributed by atoms with Gasteiger partial charge in [-0.15, -0.1) is 0 Å². The first-order chi connectivity index (χ1) is 10.6. The molecule has 2 rings (SSSR count). The SMILES string of the molecule is CO[C@@H]1O[C@H]([C@@H](O)CO)[C@H](OC)[C@H]1NC(=O)c1ccccc1. The van der Waals surface area contributed by atoms with E-state index in [-0.39, 0.29) is 5.91 Å². The summed E-state index contributed by atoms with van der Waals surface area (Å²) in [6.07, 6.45) is -3.33. The minimum atomic E-state index is -1.12. The van der Waals surface area contributed by atoms with Gasteiger partial charge >= 0.3 is 0 Å². The highest BCUT2D eigenvalue weighted by Gasteiger charge is 2.48. The fourth-order valence-electron chi connectivity index (χ4n) is 2.55. The molecule has 0 aliphatic carbocycles. The quantitative estimate of drug-likeness (QED) is 0.657. The van der Waals surface area contributed by atoms with Crippen LogP contribution in [0.5, 0.6) is 0 Å². The largest absolute Gasteiger partial charge is 0.394 e. The van der Waals surface area contributed by atoms with Gasteiger partial charge < -0.3 is 29.7 Å². The average molecular weight is 311 g/mol. The van der Waals surface area contributed by atoms with Crippen LogP contribution in [0, 0.1) is 0 Å². The Morgan fingerprint density at radius 1 is 1.32 bits per heavy atom. The predicted octanol–water partition coefficient (Wildman–Crippen LogP) is -0.475. The highest BCUT2D eigenvalue weighted by molar-refractivity contribution is 5.94. The minimum absolute atomic E-state index is 0.294. The van der Waals surface area contributed by atoms with Crippen molar-refractivity contribution in [1.82, 2.24) is 5.32 Å². The predicted molar refractivity (Wildman–Crippen MR) is 77.3 cm³/mol. The molecule has 1 aliphatic heterocycles. The maximum Gasteiger partial charge on any atom is 0.251 e. The second-order valence-electron chi connectivity index (χ2n) is 5.02. The molecule has 122 valence electrons. The van der Waals surface area contributed by atoms with Gasteiger partial charge in [0.1, 0.15) is 24.4 Å². The maximum atomic E-state index is 12.3. The Kier molecular flexibility index (Phi) is 5.87. The number of carbonyl (C=O) groups excluding carboxylic acids is 1. The summed E-state index contributed by atoms with van der Waals surface area (Å²) in [5.74, 6) is -0.294. The maximum absolute atomic E-state index is 12.3. The van der Waals surface area contributed by atoms with E-state index in [1.54, 1.807) is 24.3 Å². The fourth-order valence-corrected chi connectivity index (χ4v) is 2.55. The van der Waals surface area contributed by atoms with Gasteiger partial charge in [0.2, 0.25) is 0 Å². The third-order valence-corrected chi connectivity index (χ3v) is 3.67. The van der Waals surface area contributed by atoms with Crippen molar-refractivity contribution < 1.29 is 29.2 Å². The number of amides is 1. The smallest absolute Gasteiger partial charge is 0.251 e. The van der Waals surface area contributed by atoms with Crippen molar-refractivity contribution in [1.29, 1.82) is 0 Å². The number of ether oxygens (including phenoxy) is 3. The van der Waals surface area contributed by atoms with Gasteiger partial charge in [-0.2, -0.15) is 0 Å². The molecule has 1 fully saturated rings. The third kappa shape index (κ3) is 3.45. The highest BCUT2D eigenvalue weighted by atomic mass is 16.7. The lowest BCUT2D eigenvalue weighted by Gasteiger charge is -2.24. The van der Waals surface area contributed by atoms with Crippen molar-refractivity contribution in [3.8, 4) is 0 Å². The molecule has 0 bridgehead atoms. The topological polar surface area (TPSA) is 97.2 Å². The molecule has 3 N–H and O–H groups in total. The number of carbonyl (C=O) groups is 1. The average Bonchev–Trinajstić information content (AvgIpc) is 2.92. The van der Waals surface area contributed by atoms with Crippen LogP contribution >= 0.6 is 0 Å². The van der Waals surface area contributed by atoms with Gasteiger partial charge in [0.05, 0.1) is 6.61 Å². The summed E-state index contributed by atoms with van der Waals surface area (Å²) in [5.41, 5.74) is 0.498. The lowest BCUT2D eigenvalue weighted by atomic mass is 10.0. The molecule has 1 amide bonds. The Morgan fingerprint density at radius 2 is 2.00 bits per heavy atom. The van der Waals surface area contributed by atoms with E-state index in [2.05, 4.69) is 5.32 Å². The molecule has 0 unspecified atom stereocenters. The summed E-state index contributed by atoms with van der Waals surface area (Å²) in [7, 11) is 2.89. The van der Waals surface area contributed by atoms with Crippen LogP contribution in [0.3, 0.4) is 0 Å². The number of hydrogen-bond donors (Lipinski definition) is 3. The van der Waals surface area contributed by atoms with Crippen molar-refractivity contribution in [3.05, 3.63) is 35.9 Å². The molecule has 1 saturated heterocycles. The van der Waals surface area contributed by atoms with Gasteiger partial charge in [0, 0.05) is 19.8 Å². The molecule has 0 saturated carbocycles. The van der Waals surface area contributed by atoms with E-state index in [0.29, 0.717) is 5.56 Å². The molecule has 0 spiro atoms. The van der Waals surface area contributed by atoms with Crippen LogP contribution in [0.2, 0.25) is 0 Å². The Morgan fingerprint density at radius 3 is 2.55 bits per heavy atom. The Hall–Kier alpha value is -1.51. The summed E-state index contributed by atoms with van der Waals surface area (Å²) in [6.45, 7) is -0.472. The molecule has 1 aromatic carbocycles. The molecule has 5 atom stereocenters. The molecular formula is C15H21NO6. The van der Waals surface area contributed by atoms with E-state index >= 15 is 0 Å². The Balaban J connectivity index is 2.14. The van der Waals surface area contributed by atoms with E-state index in [1.165, 1.54) is 14.2 Å². The minimum Gasteiger partial charge on any atom is -0.394 e. The zero-order valence-electron chi connectivity index (χ0n) is 12.5. The Bertz CT molecular complexity index is 482. The van der Waals surface area contributed by atoms with Crippen LogP contribution in [0.4, 0.5) is 0 Å². The van der Waals surface area contributed by atoms with Gasteiger partial charge in [-0.3, -0.25) is 4.79 Å². The van der Waals surface area contributed by atoms with Gasteiger partial charge in [0.25, 0.3) is 5.91 Å². The van der Waals surface area contributed by atoms with E-state index in [1.807, 2.05) is 6.07 Å². The first-order valence-electron chi connectivity index (χ1n) is 6.98. The van der Waals surface area contributed by atoms with Gasteiger partial charge in [-0.05, 0) is 12.1 Å². The third-order valence-electron chi connectivity index (χ3n) is 3.67. The van der Waals surface area contributed by atoms with Crippen molar-refractivity contribution in [2.45, 2.75) is 30.6 Å². The summed E-state index contributed by atoms with van der Waals surface area (Å²) in [5, 5.41) is 21.7. The van der Waals surface area contributed by atoms with Crippen molar-refractivity contribution in [2.24, 2.45) is 0 Å². The van der Waals surface area contributed by atoms with Crippen LogP contribution in [-0.4, -0.2) is 67.6 Å². The lowest BCUT2D eigenvalue weighted by molar-refractivity contribution is -0.154. The number of rotatable bonds is 6. The monoisotopic (exact) mass is 311 g/mol. The summed E-state index contributed by atoms with van der Waals surface area (Å²) >= 11 is 0. The zero-order valence-corrected chi connectivity index (χ0v) is 12.5. The second-order valence-corrected chi connectivity index (χ2v) is 5.02. The molecule has 7 heteroatoms. The molecule has 22 heavy (non-hydrogen) atoms. The molecule has 1 aliphatic rings. The fraction of sp³-hybridized carbons (Fsp3) is 0.533. The number of hydrogen-bond acceptors (Lipinski definition) is 6. The molecule has 7 nitrogen and oxygen atoms in total. The van der Waals surface area contributed by atoms with Crippen molar-refractivity contribution >= 4 is 5.91 Å². The summed E-state index contributed by atoms with van der Waals surface area (Å²) in [6, 6.07) is 8.12. The molecular weight excluding hydrogens is 290 g/mol. The highest BCUT2D eigenvalue weighted by Crippen LogP contribution is 2.26. The first-order valence-corrected chi connectivity index (χ1v) is 6.98. The molecule has 1 aromatic rings. The molecule has 0 aromatic heterocycles. The number of aliphatic hydroxyl groups is 2. The van der Waals surface area contributed by atoms with Crippen molar-refractivity contribution in [3.63, 3.8) is 0 Å². The van der Waals surface area contributed by atoms with Crippen LogP contribution in [-0.2, 0) is 14.2 Å². The van der Waals surface area contributed by atoms with Crippen LogP contribution in [0.15, 0.2) is 30.3 Å². The summed E-state index contributed by atoms with van der Waals surface area (Å²) in [4.78, 5) is 12.3. The summed E-state index contributed by atoms with van der Waals surface area (Å²) < 4.78 is 16.1. The van der Waals surface area contributed by atoms with Gasteiger partial charge in [0.15, 0.2) is 6.29 Å². The van der Waals surface area contributed by atoms with E-state index in [0.717, 1.165) is 0 Å². The first kappa shape index (κ1) is 16.9. The van der Waals surface area contributed by atoms with Crippen molar-refractivity contribution in [2.75, 3.05) is 20.8 Å². The zero-order chi connectivity index (χ0) is 16.1. The number of benzene rings is 1. The molecule has 0 radical (unpaired) electrons. The normalized spacial score (nSPS) is 29.3. The Labute approximate surface area is 128 Å². The van der Waals surface area contributed by atoms with Gasteiger partial charge in [-0.1, -0.05) is 18.2 Å². The number of methoxy groups -OCH3 is 2. The van der Waals surface area contributed by atoms with Crippen LogP contribution in [0.25, 0.3) is 0 Å². The molecule has 1 heterocycles. The lowest BCUT2D eigenvalue weighted by Crippen LogP contribution is -2.50. The number of aliphatic hydroxyl groups excluding tert-OH is 2. The number of nitrogens with one attached hydrogen (secondary N) is 1.